The lowest BCUT2D eigenvalue weighted by Crippen LogP contribution is -2.21. The molecule has 0 atom stereocenters. The fourth-order valence-electron chi connectivity index (χ4n) is 2.78. The van der Waals surface area contributed by atoms with Crippen molar-refractivity contribution in [3.8, 4) is 0 Å². The summed E-state index contributed by atoms with van der Waals surface area (Å²) in [7, 11) is 0. The first-order valence-electron chi connectivity index (χ1n) is 8.84. The fraction of sp³-hybridized carbons (Fsp3) is 0.250. The van der Waals surface area contributed by atoms with Gasteiger partial charge in [-0.15, -0.1) is 5.10 Å². The zero-order chi connectivity index (χ0) is 18.4. The molecule has 6 heteroatoms. The van der Waals surface area contributed by atoms with E-state index in [-0.39, 0.29) is 0 Å². The van der Waals surface area contributed by atoms with E-state index in [0.717, 1.165) is 30.0 Å². The lowest BCUT2D eigenvalue weighted by atomic mass is 10.1. The van der Waals surface area contributed by atoms with Crippen molar-refractivity contribution in [1.82, 2.24) is 15.2 Å². The van der Waals surface area contributed by atoms with Gasteiger partial charge in [-0.25, -0.2) is 0 Å². The highest BCUT2D eigenvalue weighted by Crippen LogP contribution is 2.24. The van der Waals surface area contributed by atoms with Crippen LogP contribution >= 0.6 is 0 Å². The van der Waals surface area contributed by atoms with Gasteiger partial charge in [0.05, 0.1) is 6.20 Å². The maximum atomic E-state index is 4.49. The summed E-state index contributed by atoms with van der Waals surface area (Å²) in [4.78, 5) is 6.81. The zero-order valence-electron chi connectivity index (χ0n) is 15.4. The summed E-state index contributed by atoms with van der Waals surface area (Å²) in [6.45, 7) is 8.38. The normalized spacial score (nSPS) is 10.4. The third kappa shape index (κ3) is 4.27. The van der Waals surface area contributed by atoms with E-state index < -0.39 is 0 Å². The molecule has 2 aromatic carbocycles. The quantitative estimate of drug-likeness (QED) is 0.655. The van der Waals surface area contributed by atoms with Crippen molar-refractivity contribution in [2.45, 2.75) is 20.8 Å². The molecule has 1 heterocycles. The molecule has 3 rings (SSSR count). The molecule has 0 aliphatic carbocycles. The third-order valence-corrected chi connectivity index (χ3v) is 4.19. The molecule has 0 unspecified atom stereocenters. The summed E-state index contributed by atoms with van der Waals surface area (Å²) in [6, 6.07) is 16.2. The fourth-order valence-corrected chi connectivity index (χ4v) is 2.78. The SMILES string of the molecule is CCN(CC)c1ccc(Nc2nncc(Nc3ccccc3)n2)c(C)c1. The van der Waals surface area contributed by atoms with E-state index in [2.05, 4.69) is 69.7 Å². The van der Waals surface area contributed by atoms with Crippen LogP contribution in [0.5, 0.6) is 0 Å². The van der Waals surface area contributed by atoms with Crippen LogP contribution in [0.15, 0.2) is 54.7 Å². The van der Waals surface area contributed by atoms with Gasteiger partial charge in [-0.1, -0.05) is 18.2 Å². The van der Waals surface area contributed by atoms with Crippen LogP contribution in [0.25, 0.3) is 0 Å². The standard InChI is InChI=1S/C20H24N6/c1-4-26(5-2)17-11-12-18(15(3)13-17)23-20-24-19(14-21-25-20)22-16-9-7-6-8-10-16/h6-14H,4-5H2,1-3H3,(H2,22,23,24,25). The van der Waals surface area contributed by atoms with E-state index in [1.54, 1.807) is 6.20 Å². The van der Waals surface area contributed by atoms with Crippen LogP contribution < -0.4 is 15.5 Å². The number of hydrogen-bond donors (Lipinski definition) is 2. The Morgan fingerprint density at radius 1 is 0.962 bits per heavy atom. The van der Waals surface area contributed by atoms with Crippen LogP contribution in [0.1, 0.15) is 19.4 Å². The highest BCUT2D eigenvalue weighted by atomic mass is 15.3. The average Bonchev–Trinajstić information content (AvgIpc) is 2.66. The van der Waals surface area contributed by atoms with Crippen molar-refractivity contribution < 1.29 is 0 Å². The number of anilines is 5. The first-order valence-corrected chi connectivity index (χ1v) is 8.84. The van der Waals surface area contributed by atoms with Crippen molar-refractivity contribution in [3.05, 3.63) is 60.3 Å². The van der Waals surface area contributed by atoms with E-state index >= 15 is 0 Å². The Kier molecular flexibility index (Phi) is 5.63. The highest BCUT2D eigenvalue weighted by molar-refractivity contribution is 5.65. The highest BCUT2D eigenvalue weighted by Gasteiger charge is 2.07. The zero-order valence-corrected chi connectivity index (χ0v) is 15.4. The Morgan fingerprint density at radius 2 is 1.73 bits per heavy atom. The predicted molar refractivity (Wildman–Crippen MR) is 108 cm³/mol. The summed E-state index contributed by atoms with van der Waals surface area (Å²) in [6.07, 6.45) is 1.61. The second-order valence-electron chi connectivity index (χ2n) is 5.95. The molecule has 3 aromatic rings. The van der Waals surface area contributed by atoms with Gasteiger partial charge in [-0.2, -0.15) is 10.1 Å². The largest absolute Gasteiger partial charge is 0.372 e. The number of para-hydroxylation sites is 1. The van der Waals surface area contributed by atoms with Crippen molar-refractivity contribution in [3.63, 3.8) is 0 Å². The molecule has 0 radical (unpaired) electrons. The molecule has 0 fully saturated rings. The third-order valence-electron chi connectivity index (χ3n) is 4.19. The monoisotopic (exact) mass is 348 g/mol. The van der Waals surface area contributed by atoms with Gasteiger partial charge in [0.25, 0.3) is 0 Å². The van der Waals surface area contributed by atoms with Gasteiger partial charge in [0.1, 0.15) is 0 Å². The van der Waals surface area contributed by atoms with Crippen molar-refractivity contribution >= 4 is 28.8 Å². The number of nitrogens with zero attached hydrogens (tertiary/aromatic N) is 4. The van der Waals surface area contributed by atoms with Crippen LogP contribution in [0.3, 0.4) is 0 Å². The molecular weight excluding hydrogens is 324 g/mol. The lowest BCUT2D eigenvalue weighted by Gasteiger charge is -2.22. The van der Waals surface area contributed by atoms with Crippen LogP contribution in [-0.4, -0.2) is 28.3 Å². The molecule has 0 saturated carbocycles. The minimum absolute atomic E-state index is 0.463. The lowest BCUT2D eigenvalue weighted by molar-refractivity contribution is 0.865. The van der Waals surface area contributed by atoms with Gasteiger partial charge in [0.15, 0.2) is 5.82 Å². The summed E-state index contributed by atoms with van der Waals surface area (Å²) in [5.41, 5.74) is 4.29. The van der Waals surface area contributed by atoms with Crippen LogP contribution in [0, 0.1) is 6.92 Å². The number of aryl methyl sites for hydroxylation is 1. The van der Waals surface area contributed by atoms with E-state index in [0.29, 0.717) is 11.8 Å². The van der Waals surface area contributed by atoms with Crippen LogP contribution in [-0.2, 0) is 0 Å². The molecular formula is C20H24N6. The maximum absolute atomic E-state index is 4.49. The van der Waals surface area contributed by atoms with E-state index in [1.807, 2.05) is 30.3 Å². The van der Waals surface area contributed by atoms with Gasteiger partial charge >= 0.3 is 0 Å². The average molecular weight is 348 g/mol. The van der Waals surface area contributed by atoms with Gasteiger partial charge in [0, 0.05) is 30.2 Å². The molecule has 0 aliphatic rings. The van der Waals surface area contributed by atoms with Crippen molar-refractivity contribution in [1.29, 1.82) is 0 Å². The molecule has 0 amide bonds. The Balaban J connectivity index is 1.76. The summed E-state index contributed by atoms with van der Waals surface area (Å²) >= 11 is 0. The predicted octanol–water partition coefficient (Wildman–Crippen LogP) is 4.51. The van der Waals surface area contributed by atoms with E-state index in [4.69, 9.17) is 0 Å². The van der Waals surface area contributed by atoms with Crippen LogP contribution in [0.2, 0.25) is 0 Å². The minimum Gasteiger partial charge on any atom is -0.372 e. The molecule has 1 aromatic heterocycles. The van der Waals surface area contributed by atoms with E-state index in [9.17, 15) is 0 Å². The second kappa shape index (κ2) is 8.29. The van der Waals surface area contributed by atoms with Gasteiger partial charge < -0.3 is 15.5 Å². The molecule has 26 heavy (non-hydrogen) atoms. The molecule has 0 bridgehead atoms. The summed E-state index contributed by atoms with van der Waals surface area (Å²) < 4.78 is 0. The second-order valence-corrected chi connectivity index (χ2v) is 5.95. The number of rotatable bonds is 7. The Hall–Kier alpha value is -3.15. The first kappa shape index (κ1) is 17.7. The maximum Gasteiger partial charge on any atom is 0.249 e. The first-order chi connectivity index (χ1) is 12.7. The topological polar surface area (TPSA) is 66.0 Å². The van der Waals surface area contributed by atoms with E-state index in [1.165, 1.54) is 5.69 Å². The molecule has 0 aliphatic heterocycles. The minimum atomic E-state index is 0.463. The van der Waals surface area contributed by atoms with Gasteiger partial charge in [-0.3, -0.25) is 0 Å². The Morgan fingerprint density at radius 3 is 2.42 bits per heavy atom. The molecule has 134 valence electrons. The molecule has 0 saturated heterocycles. The molecule has 2 N–H and O–H groups in total. The Bertz CT molecular complexity index is 846. The Labute approximate surface area is 154 Å². The number of hydrogen-bond acceptors (Lipinski definition) is 6. The van der Waals surface area contributed by atoms with Crippen LogP contribution in [0.4, 0.5) is 28.8 Å². The number of benzene rings is 2. The molecule has 0 spiro atoms. The van der Waals surface area contributed by atoms with Crippen molar-refractivity contribution in [2.75, 3.05) is 28.6 Å². The van der Waals surface area contributed by atoms with Crippen molar-refractivity contribution in [2.24, 2.45) is 0 Å². The summed E-state index contributed by atoms with van der Waals surface area (Å²) in [5.74, 6) is 1.11. The van der Waals surface area contributed by atoms with Gasteiger partial charge in [-0.05, 0) is 56.7 Å². The number of nitrogens with one attached hydrogen (secondary N) is 2. The van der Waals surface area contributed by atoms with Gasteiger partial charge in [0.2, 0.25) is 5.95 Å². The summed E-state index contributed by atoms with van der Waals surface area (Å²) in [5, 5.41) is 14.6. The number of aromatic nitrogens is 3. The molecule has 6 nitrogen and oxygen atoms in total. The smallest absolute Gasteiger partial charge is 0.249 e.